The lowest BCUT2D eigenvalue weighted by Crippen LogP contribution is -2.27. The molecular formula is C17H19NO5S. The van der Waals surface area contributed by atoms with Crippen LogP contribution in [0.5, 0.6) is 5.75 Å². The molecule has 0 bridgehead atoms. The van der Waals surface area contributed by atoms with Crippen molar-refractivity contribution in [3.05, 3.63) is 59.7 Å². The zero-order valence-electron chi connectivity index (χ0n) is 13.6. The number of rotatable bonds is 6. The molecule has 0 spiro atoms. The van der Waals surface area contributed by atoms with E-state index in [0.717, 1.165) is 0 Å². The first-order chi connectivity index (χ1) is 11.4. The van der Waals surface area contributed by atoms with Gasteiger partial charge in [-0.15, -0.1) is 0 Å². The summed E-state index contributed by atoms with van der Waals surface area (Å²) in [5.41, 5.74) is 0.887. The SMILES string of the molecule is COC(=O)c1cccc(S(=O)(=O)NC(C)c2ccccc2OC)c1. The van der Waals surface area contributed by atoms with Crippen molar-refractivity contribution in [3.63, 3.8) is 0 Å². The van der Waals surface area contributed by atoms with Crippen molar-refractivity contribution in [2.45, 2.75) is 17.9 Å². The summed E-state index contributed by atoms with van der Waals surface area (Å²) < 4.78 is 37.6. The third-order valence-electron chi connectivity index (χ3n) is 3.50. The molecule has 1 N–H and O–H groups in total. The zero-order chi connectivity index (χ0) is 17.7. The van der Waals surface area contributed by atoms with Crippen molar-refractivity contribution < 1.29 is 22.7 Å². The van der Waals surface area contributed by atoms with Crippen LogP contribution in [-0.4, -0.2) is 28.6 Å². The fourth-order valence-corrected chi connectivity index (χ4v) is 3.56. The molecule has 0 aliphatic heterocycles. The standard InChI is InChI=1S/C17H19NO5S/c1-12(15-9-4-5-10-16(15)22-2)18-24(20,21)14-8-6-7-13(11-14)17(19)23-3/h4-12,18H,1-3H3. The van der Waals surface area contributed by atoms with Gasteiger partial charge in [-0.3, -0.25) is 0 Å². The van der Waals surface area contributed by atoms with Crippen molar-refractivity contribution in [1.29, 1.82) is 0 Å². The average molecular weight is 349 g/mol. The van der Waals surface area contributed by atoms with Gasteiger partial charge in [0.1, 0.15) is 5.75 Å². The number of para-hydroxylation sites is 1. The molecular weight excluding hydrogens is 330 g/mol. The predicted octanol–water partition coefficient (Wildman–Crippen LogP) is 2.52. The van der Waals surface area contributed by atoms with Crippen molar-refractivity contribution in [2.24, 2.45) is 0 Å². The molecule has 0 saturated heterocycles. The lowest BCUT2D eigenvalue weighted by Gasteiger charge is -2.17. The number of hydrogen-bond acceptors (Lipinski definition) is 5. The Bertz CT molecular complexity index is 832. The Balaban J connectivity index is 2.30. The van der Waals surface area contributed by atoms with Crippen LogP contribution in [0.15, 0.2) is 53.4 Å². The summed E-state index contributed by atoms with van der Waals surface area (Å²) in [5, 5.41) is 0. The Morgan fingerprint density at radius 2 is 1.79 bits per heavy atom. The van der Waals surface area contributed by atoms with Gasteiger partial charge in [-0.05, 0) is 31.2 Å². The van der Waals surface area contributed by atoms with Gasteiger partial charge in [0, 0.05) is 11.6 Å². The van der Waals surface area contributed by atoms with Crippen LogP contribution in [0.2, 0.25) is 0 Å². The minimum atomic E-state index is -3.81. The molecule has 0 fully saturated rings. The molecule has 0 radical (unpaired) electrons. The van der Waals surface area contributed by atoms with Crippen molar-refractivity contribution >= 4 is 16.0 Å². The second-order valence-corrected chi connectivity index (χ2v) is 6.82. The third-order valence-corrected chi connectivity index (χ3v) is 5.04. The van der Waals surface area contributed by atoms with E-state index in [-0.39, 0.29) is 10.5 Å². The largest absolute Gasteiger partial charge is 0.496 e. The average Bonchev–Trinajstić information content (AvgIpc) is 2.60. The quantitative estimate of drug-likeness (QED) is 0.811. The second-order valence-electron chi connectivity index (χ2n) is 5.10. The van der Waals surface area contributed by atoms with Crippen LogP contribution >= 0.6 is 0 Å². The van der Waals surface area contributed by atoms with E-state index < -0.39 is 22.0 Å². The van der Waals surface area contributed by atoms with Gasteiger partial charge < -0.3 is 9.47 Å². The highest BCUT2D eigenvalue weighted by Gasteiger charge is 2.21. The molecule has 1 unspecified atom stereocenters. The van der Waals surface area contributed by atoms with E-state index in [1.165, 1.54) is 38.5 Å². The Hall–Kier alpha value is -2.38. The molecule has 128 valence electrons. The Morgan fingerprint density at radius 1 is 1.08 bits per heavy atom. The minimum absolute atomic E-state index is 0.00727. The summed E-state index contributed by atoms with van der Waals surface area (Å²) in [6.45, 7) is 1.72. The fourth-order valence-electron chi connectivity index (χ4n) is 2.30. The third kappa shape index (κ3) is 3.93. The molecule has 0 amide bonds. The number of benzene rings is 2. The van der Waals surface area contributed by atoms with Gasteiger partial charge in [-0.2, -0.15) is 0 Å². The molecule has 1 atom stereocenters. The first-order valence-corrected chi connectivity index (χ1v) is 8.71. The smallest absolute Gasteiger partial charge is 0.337 e. The molecule has 2 aromatic carbocycles. The lowest BCUT2D eigenvalue weighted by atomic mass is 10.1. The molecule has 0 aromatic heterocycles. The Morgan fingerprint density at radius 3 is 2.46 bits per heavy atom. The highest BCUT2D eigenvalue weighted by Crippen LogP contribution is 2.26. The molecule has 0 aliphatic rings. The summed E-state index contributed by atoms with van der Waals surface area (Å²) in [5.74, 6) is 0.000776. The first kappa shape index (κ1) is 18.0. The lowest BCUT2D eigenvalue weighted by molar-refractivity contribution is 0.0600. The number of ether oxygens (including phenoxy) is 2. The van der Waals surface area contributed by atoms with Gasteiger partial charge in [0.15, 0.2) is 0 Å². The van der Waals surface area contributed by atoms with E-state index in [2.05, 4.69) is 9.46 Å². The summed E-state index contributed by atoms with van der Waals surface area (Å²) in [7, 11) is -1.04. The summed E-state index contributed by atoms with van der Waals surface area (Å²) in [6, 6.07) is 12.3. The monoisotopic (exact) mass is 349 g/mol. The Labute approximate surface area is 141 Å². The topological polar surface area (TPSA) is 81.7 Å². The van der Waals surface area contributed by atoms with Crippen molar-refractivity contribution in [1.82, 2.24) is 4.72 Å². The van der Waals surface area contributed by atoms with Gasteiger partial charge >= 0.3 is 5.97 Å². The molecule has 0 heterocycles. The van der Waals surface area contributed by atoms with E-state index in [1.807, 2.05) is 6.07 Å². The van der Waals surface area contributed by atoms with Gasteiger partial charge in [0.05, 0.1) is 24.7 Å². The molecule has 0 aliphatic carbocycles. The minimum Gasteiger partial charge on any atom is -0.496 e. The van der Waals surface area contributed by atoms with Gasteiger partial charge in [0.25, 0.3) is 0 Å². The highest BCUT2D eigenvalue weighted by molar-refractivity contribution is 7.89. The molecule has 6 nitrogen and oxygen atoms in total. The molecule has 24 heavy (non-hydrogen) atoms. The van der Waals surface area contributed by atoms with E-state index in [0.29, 0.717) is 11.3 Å². The summed E-state index contributed by atoms with van der Waals surface area (Å²) >= 11 is 0. The van der Waals surface area contributed by atoms with E-state index in [9.17, 15) is 13.2 Å². The first-order valence-electron chi connectivity index (χ1n) is 7.22. The number of nitrogens with one attached hydrogen (secondary N) is 1. The summed E-state index contributed by atoms with van der Waals surface area (Å²) in [4.78, 5) is 11.6. The maximum absolute atomic E-state index is 12.6. The number of esters is 1. The van der Waals surface area contributed by atoms with Crippen LogP contribution in [0, 0.1) is 0 Å². The normalized spacial score (nSPS) is 12.5. The van der Waals surface area contributed by atoms with Crippen LogP contribution < -0.4 is 9.46 Å². The fraction of sp³-hybridized carbons (Fsp3) is 0.235. The highest BCUT2D eigenvalue weighted by atomic mass is 32.2. The van der Waals surface area contributed by atoms with E-state index >= 15 is 0 Å². The van der Waals surface area contributed by atoms with Crippen LogP contribution in [0.3, 0.4) is 0 Å². The number of methoxy groups -OCH3 is 2. The molecule has 2 rings (SSSR count). The van der Waals surface area contributed by atoms with Gasteiger partial charge in [-0.25, -0.2) is 17.9 Å². The van der Waals surface area contributed by atoms with E-state index in [1.54, 1.807) is 25.1 Å². The van der Waals surface area contributed by atoms with Crippen molar-refractivity contribution in [2.75, 3.05) is 14.2 Å². The van der Waals surface area contributed by atoms with Crippen LogP contribution in [-0.2, 0) is 14.8 Å². The zero-order valence-corrected chi connectivity index (χ0v) is 14.5. The van der Waals surface area contributed by atoms with Crippen LogP contribution in [0.4, 0.5) is 0 Å². The molecule has 2 aromatic rings. The van der Waals surface area contributed by atoms with Crippen molar-refractivity contribution in [3.8, 4) is 5.75 Å². The molecule has 7 heteroatoms. The van der Waals surface area contributed by atoms with Crippen LogP contribution in [0.1, 0.15) is 28.9 Å². The Kier molecular flexibility index (Phi) is 5.58. The number of hydrogen-bond donors (Lipinski definition) is 1. The second kappa shape index (κ2) is 7.46. The van der Waals surface area contributed by atoms with Gasteiger partial charge in [0.2, 0.25) is 10.0 Å². The van der Waals surface area contributed by atoms with Crippen LogP contribution in [0.25, 0.3) is 0 Å². The summed E-state index contributed by atoms with van der Waals surface area (Å²) in [6.07, 6.45) is 0. The predicted molar refractivity (Wildman–Crippen MR) is 89.5 cm³/mol. The number of carbonyl (C=O) groups is 1. The maximum atomic E-state index is 12.6. The number of sulfonamides is 1. The van der Waals surface area contributed by atoms with E-state index in [4.69, 9.17) is 4.74 Å². The maximum Gasteiger partial charge on any atom is 0.337 e. The number of carbonyl (C=O) groups excluding carboxylic acids is 1. The molecule has 0 saturated carbocycles. The van der Waals surface area contributed by atoms with Gasteiger partial charge in [-0.1, -0.05) is 24.3 Å².